The van der Waals surface area contributed by atoms with E-state index in [0.717, 1.165) is 12.1 Å². The third-order valence-electron chi connectivity index (χ3n) is 1.69. The molecule has 1 rings (SSSR count). The van der Waals surface area contributed by atoms with Gasteiger partial charge in [-0.05, 0) is 18.2 Å². The Bertz CT molecular complexity index is 489. The number of hydrogen-bond donors (Lipinski definition) is 0. The number of benzene rings is 1. The van der Waals surface area contributed by atoms with Gasteiger partial charge in [0.25, 0.3) is 0 Å². The second kappa shape index (κ2) is 4.92. The number of nitrogens with zero attached hydrogens (tertiary/aromatic N) is 1. The van der Waals surface area contributed by atoms with Crippen LogP contribution in [0.4, 0.5) is 13.2 Å². The van der Waals surface area contributed by atoms with Gasteiger partial charge in [0, 0.05) is 5.56 Å². The van der Waals surface area contributed by atoms with E-state index in [9.17, 15) is 13.2 Å². The molecule has 0 aliphatic rings. The predicted octanol–water partition coefficient (Wildman–Crippen LogP) is 3.62. The molecule has 82 valence electrons. The van der Waals surface area contributed by atoms with Crippen molar-refractivity contribution in [2.24, 2.45) is 0 Å². The Morgan fingerprint density at radius 1 is 1.31 bits per heavy atom. The van der Waals surface area contributed by atoms with Crippen molar-refractivity contribution in [2.45, 2.75) is 12.6 Å². The molecular formula is C11H5ClF3N. The van der Waals surface area contributed by atoms with Gasteiger partial charge in [-0.15, -0.1) is 0 Å². The summed E-state index contributed by atoms with van der Waals surface area (Å²) >= 11 is 5.63. The Balaban J connectivity index is 3.03. The van der Waals surface area contributed by atoms with Gasteiger partial charge in [0.2, 0.25) is 0 Å². The Kier molecular flexibility index (Phi) is 3.82. The van der Waals surface area contributed by atoms with Crippen LogP contribution in [0.3, 0.4) is 0 Å². The van der Waals surface area contributed by atoms with Crippen LogP contribution in [0.5, 0.6) is 0 Å². The first-order chi connectivity index (χ1) is 7.45. The number of nitriles is 1. The maximum Gasteiger partial charge on any atom is 0.416 e. The molecule has 0 atom stereocenters. The number of rotatable bonds is 0. The topological polar surface area (TPSA) is 23.8 Å². The molecular weight excluding hydrogens is 239 g/mol. The van der Waals surface area contributed by atoms with Crippen LogP contribution < -0.4 is 0 Å². The summed E-state index contributed by atoms with van der Waals surface area (Å²) in [6, 6.07) is 4.71. The maximum absolute atomic E-state index is 12.3. The van der Waals surface area contributed by atoms with Gasteiger partial charge in [0.1, 0.15) is 0 Å². The highest BCUT2D eigenvalue weighted by Crippen LogP contribution is 2.31. The van der Waals surface area contributed by atoms with E-state index in [1.165, 1.54) is 6.07 Å². The van der Waals surface area contributed by atoms with Crippen molar-refractivity contribution in [3.8, 4) is 17.9 Å². The molecule has 1 aromatic carbocycles. The van der Waals surface area contributed by atoms with E-state index in [1.54, 1.807) is 6.07 Å². The molecule has 0 aromatic heterocycles. The normalized spacial score (nSPS) is 10.2. The molecule has 0 saturated carbocycles. The van der Waals surface area contributed by atoms with Crippen LogP contribution in [0.1, 0.15) is 17.5 Å². The summed E-state index contributed by atoms with van der Waals surface area (Å²) in [5, 5.41) is 8.16. The number of alkyl halides is 3. The van der Waals surface area contributed by atoms with Crippen LogP contribution in [0.15, 0.2) is 18.2 Å². The Morgan fingerprint density at radius 3 is 2.50 bits per heavy atom. The summed E-state index contributed by atoms with van der Waals surface area (Å²) < 4.78 is 36.8. The maximum atomic E-state index is 12.3. The zero-order valence-corrected chi connectivity index (χ0v) is 8.65. The van der Waals surface area contributed by atoms with E-state index in [2.05, 4.69) is 11.8 Å². The molecule has 0 fully saturated rings. The van der Waals surface area contributed by atoms with Gasteiger partial charge in [0.05, 0.1) is 23.1 Å². The third kappa shape index (κ3) is 3.18. The van der Waals surface area contributed by atoms with E-state index in [0.29, 0.717) is 0 Å². The molecule has 0 bridgehead atoms. The fraction of sp³-hybridized carbons (Fsp3) is 0.182. The van der Waals surface area contributed by atoms with Gasteiger partial charge in [-0.2, -0.15) is 18.4 Å². The van der Waals surface area contributed by atoms with Gasteiger partial charge < -0.3 is 0 Å². The summed E-state index contributed by atoms with van der Waals surface area (Å²) in [5.41, 5.74) is -0.534. The molecule has 0 aliphatic heterocycles. The first-order valence-electron chi connectivity index (χ1n) is 4.17. The fourth-order valence-corrected chi connectivity index (χ4v) is 1.20. The Hall–Kier alpha value is -1.65. The summed E-state index contributed by atoms with van der Waals surface area (Å²) in [5.74, 6) is 4.99. The van der Waals surface area contributed by atoms with Crippen molar-refractivity contribution in [3.05, 3.63) is 34.3 Å². The third-order valence-corrected chi connectivity index (χ3v) is 2.00. The largest absolute Gasteiger partial charge is 0.416 e. The SMILES string of the molecule is N#CCC#Cc1ccc(C(F)(F)F)cc1Cl. The van der Waals surface area contributed by atoms with E-state index in [1.807, 2.05) is 0 Å². The molecule has 1 nitrogen and oxygen atoms in total. The summed E-state index contributed by atoms with van der Waals surface area (Å²) in [6.45, 7) is 0. The first kappa shape index (κ1) is 12.4. The molecule has 16 heavy (non-hydrogen) atoms. The van der Waals surface area contributed by atoms with E-state index in [-0.39, 0.29) is 17.0 Å². The lowest BCUT2D eigenvalue weighted by atomic mass is 10.1. The van der Waals surface area contributed by atoms with Crippen molar-refractivity contribution >= 4 is 11.6 Å². The van der Waals surface area contributed by atoms with Crippen molar-refractivity contribution in [3.63, 3.8) is 0 Å². The van der Waals surface area contributed by atoms with Crippen molar-refractivity contribution in [1.82, 2.24) is 0 Å². The predicted molar refractivity (Wildman–Crippen MR) is 53.6 cm³/mol. The second-order valence-corrected chi connectivity index (χ2v) is 3.24. The highest BCUT2D eigenvalue weighted by atomic mass is 35.5. The van der Waals surface area contributed by atoms with Crippen LogP contribution in [0, 0.1) is 23.2 Å². The molecule has 0 saturated heterocycles. The minimum atomic E-state index is -4.41. The Morgan fingerprint density at radius 2 is 2.00 bits per heavy atom. The quantitative estimate of drug-likeness (QED) is 0.639. The Labute approximate surface area is 95.4 Å². The zero-order chi connectivity index (χ0) is 12.2. The van der Waals surface area contributed by atoms with E-state index in [4.69, 9.17) is 16.9 Å². The molecule has 0 aliphatic carbocycles. The van der Waals surface area contributed by atoms with Crippen molar-refractivity contribution < 1.29 is 13.2 Å². The highest BCUT2D eigenvalue weighted by Gasteiger charge is 2.30. The smallest absolute Gasteiger partial charge is 0.197 e. The molecule has 0 amide bonds. The average Bonchev–Trinajstić information content (AvgIpc) is 2.19. The van der Waals surface area contributed by atoms with Crippen LogP contribution in [-0.2, 0) is 6.18 Å². The van der Waals surface area contributed by atoms with Crippen molar-refractivity contribution in [2.75, 3.05) is 0 Å². The summed E-state index contributed by atoms with van der Waals surface area (Å²) in [4.78, 5) is 0. The lowest BCUT2D eigenvalue weighted by Gasteiger charge is -2.07. The van der Waals surface area contributed by atoms with Crippen LogP contribution in [0.25, 0.3) is 0 Å². The molecule has 0 radical (unpaired) electrons. The van der Waals surface area contributed by atoms with Gasteiger partial charge in [0.15, 0.2) is 0 Å². The van der Waals surface area contributed by atoms with E-state index >= 15 is 0 Å². The minimum absolute atomic E-state index is 0.0113. The molecule has 0 spiro atoms. The number of halogens is 4. The lowest BCUT2D eigenvalue weighted by molar-refractivity contribution is -0.137. The highest BCUT2D eigenvalue weighted by molar-refractivity contribution is 6.31. The molecule has 0 N–H and O–H groups in total. The molecule has 5 heteroatoms. The van der Waals surface area contributed by atoms with E-state index < -0.39 is 11.7 Å². The lowest BCUT2D eigenvalue weighted by Crippen LogP contribution is -2.04. The molecule has 1 aromatic rings. The standard InChI is InChI=1S/C11H5ClF3N/c12-10-7-9(11(13,14)15)5-4-8(10)3-1-2-6-16/h4-5,7H,2H2. The van der Waals surface area contributed by atoms with Gasteiger partial charge in [-0.3, -0.25) is 0 Å². The second-order valence-electron chi connectivity index (χ2n) is 2.83. The minimum Gasteiger partial charge on any atom is -0.197 e. The fourth-order valence-electron chi connectivity index (χ4n) is 0.972. The number of hydrogen-bond acceptors (Lipinski definition) is 1. The van der Waals surface area contributed by atoms with Crippen LogP contribution in [0.2, 0.25) is 5.02 Å². The van der Waals surface area contributed by atoms with Crippen LogP contribution in [-0.4, -0.2) is 0 Å². The zero-order valence-electron chi connectivity index (χ0n) is 7.90. The van der Waals surface area contributed by atoms with Crippen LogP contribution >= 0.6 is 11.6 Å². The summed E-state index contributed by atoms with van der Waals surface area (Å²) in [7, 11) is 0. The monoisotopic (exact) mass is 243 g/mol. The first-order valence-corrected chi connectivity index (χ1v) is 4.55. The van der Waals surface area contributed by atoms with Gasteiger partial charge >= 0.3 is 6.18 Å². The summed E-state index contributed by atoms with van der Waals surface area (Å²) in [6.07, 6.45) is -4.40. The average molecular weight is 244 g/mol. The molecule has 0 heterocycles. The van der Waals surface area contributed by atoms with Gasteiger partial charge in [-0.1, -0.05) is 23.4 Å². The van der Waals surface area contributed by atoms with Gasteiger partial charge in [-0.25, -0.2) is 0 Å². The van der Waals surface area contributed by atoms with Crippen molar-refractivity contribution in [1.29, 1.82) is 5.26 Å². The molecule has 0 unspecified atom stereocenters.